The van der Waals surface area contributed by atoms with E-state index >= 15 is 0 Å². The van der Waals surface area contributed by atoms with Crippen molar-refractivity contribution in [3.8, 4) is 11.5 Å². The Morgan fingerprint density at radius 1 is 1.13 bits per heavy atom. The number of hydrazone groups is 1. The van der Waals surface area contributed by atoms with Gasteiger partial charge in [0, 0.05) is 10.6 Å². The summed E-state index contributed by atoms with van der Waals surface area (Å²) in [4.78, 5) is 23.1. The van der Waals surface area contributed by atoms with Gasteiger partial charge in [0.2, 0.25) is 0 Å². The van der Waals surface area contributed by atoms with Gasteiger partial charge in [0.25, 0.3) is 11.6 Å². The molecule has 0 aliphatic heterocycles. The molecule has 158 valence electrons. The standard InChI is InChI=1S/C22H18ClN3O5/c1-30-20-11-17(13-24-25-22(27)16-8-5-9-18(23)10-16)19(26(28)29)12-21(20)31-14-15-6-3-2-4-7-15/h2-13H,14H2,1H3,(H,25,27)/b24-13-. The van der Waals surface area contributed by atoms with Crippen molar-refractivity contribution in [2.75, 3.05) is 7.11 Å². The highest BCUT2D eigenvalue weighted by Crippen LogP contribution is 2.34. The molecule has 0 saturated carbocycles. The number of amides is 1. The molecule has 31 heavy (non-hydrogen) atoms. The summed E-state index contributed by atoms with van der Waals surface area (Å²) in [7, 11) is 1.43. The molecule has 0 aromatic heterocycles. The third-order valence-electron chi connectivity index (χ3n) is 4.20. The summed E-state index contributed by atoms with van der Waals surface area (Å²) in [6, 6.07) is 18.4. The molecule has 1 N–H and O–H groups in total. The second-order valence-electron chi connectivity index (χ2n) is 6.30. The summed E-state index contributed by atoms with van der Waals surface area (Å²) in [5, 5.41) is 15.8. The Hall–Kier alpha value is -3.91. The minimum atomic E-state index is -0.561. The van der Waals surface area contributed by atoms with Crippen LogP contribution >= 0.6 is 11.6 Å². The lowest BCUT2D eigenvalue weighted by Crippen LogP contribution is -2.17. The van der Waals surface area contributed by atoms with E-state index < -0.39 is 10.8 Å². The molecule has 0 spiro atoms. The number of nitro groups is 1. The van der Waals surface area contributed by atoms with Gasteiger partial charge in [0.15, 0.2) is 11.5 Å². The first-order valence-electron chi connectivity index (χ1n) is 9.10. The number of methoxy groups -OCH3 is 1. The number of rotatable bonds is 8. The van der Waals surface area contributed by atoms with E-state index in [4.69, 9.17) is 21.1 Å². The van der Waals surface area contributed by atoms with Crippen molar-refractivity contribution in [3.63, 3.8) is 0 Å². The molecule has 8 nitrogen and oxygen atoms in total. The van der Waals surface area contributed by atoms with Crippen molar-refractivity contribution >= 4 is 29.4 Å². The van der Waals surface area contributed by atoms with Crippen molar-refractivity contribution in [2.45, 2.75) is 6.61 Å². The monoisotopic (exact) mass is 439 g/mol. The minimum Gasteiger partial charge on any atom is -0.493 e. The SMILES string of the molecule is COc1cc(/C=N\NC(=O)c2cccc(Cl)c2)c([N+](=O)[O-])cc1OCc1ccccc1. The molecule has 0 fully saturated rings. The zero-order valence-electron chi connectivity index (χ0n) is 16.4. The number of ether oxygens (including phenoxy) is 2. The maximum atomic E-state index is 12.1. The van der Waals surface area contributed by atoms with Crippen LogP contribution in [-0.4, -0.2) is 24.2 Å². The lowest BCUT2D eigenvalue weighted by molar-refractivity contribution is -0.385. The molecule has 0 unspecified atom stereocenters. The van der Waals surface area contributed by atoms with Crippen LogP contribution in [0.3, 0.4) is 0 Å². The number of halogens is 1. The van der Waals surface area contributed by atoms with Crippen LogP contribution < -0.4 is 14.9 Å². The van der Waals surface area contributed by atoms with Crippen LogP contribution in [0.4, 0.5) is 5.69 Å². The minimum absolute atomic E-state index is 0.139. The van der Waals surface area contributed by atoms with Gasteiger partial charge in [0.1, 0.15) is 6.61 Å². The van der Waals surface area contributed by atoms with Crippen molar-refractivity contribution in [1.82, 2.24) is 5.43 Å². The zero-order chi connectivity index (χ0) is 22.2. The van der Waals surface area contributed by atoms with Gasteiger partial charge in [0.05, 0.1) is 29.9 Å². The molecule has 0 radical (unpaired) electrons. The molecular formula is C22H18ClN3O5. The second kappa shape index (κ2) is 10.2. The first kappa shape index (κ1) is 21.8. The maximum absolute atomic E-state index is 12.1. The summed E-state index contributed by atoms with van der Waals surface area (Å²) in [6.45, 7) is 0.220. The molecule has 0 saturated heterocycles. The van der Waals surface area contributed by atoms with E-state index in [1.807, 2.05) is 30.3 Å². The molecule has 0 atom stereocenters. The van der Waals surface area contributed by atoms with Gasteiger partial charge >= 0.3 is 0 Å². The number of benzene rings is 3. The quantitative estimate of drug-likeness (QED) is 0.314. The Morgan fingerprint density at radius 2 is 1.90 bits per heavy atom. The van der Waals surface area contributed by atoms with E-state index in [1.165, 1.54) is 31.5 Å². The molecule has 0 heterocycles. The van der Waals surface area contributed by atoms with E-state index in [0.29, 0.717) is 16.3 Å². The third kappa shape index (κ3) is 5.80. The van der Waals surface area contributed by atoms with Crippen molar-refractivity contribution in [3.05, 3.63) is 98.6 Å². The number of nitrogens with zero attached hydrogens (tertiary/aromatic N) is 2. The number of hydrogen-bond donors (Lipinski definition) is 1. The second-order valence-corrected chi connectivity index (χ2v) is 6.74. The van der Waals surface area contributed by atoms with Crippen LogP contribution in [0.25, 0.3) is 0 Å². The van der Waals surface area contributed by atoms with E-state index in [-0.39, 0.29) is 23.6 Å². The maximum Gasteiger partial charge on any atom is 0.282 e. The van der Waals surface area contributed by atoms with Crippen LogP contribution in [0.5, 0.6) is 11.5 Å². The first-order chi connectivity index (χ1) is 15.0. The van der Waals surface area contributed by atoms with E-state index in [2.05, 4.69) is 10.5 Å². The fourth-order valence-corrected chi connectivity index (χ4v) is 2.88. The van der Waals surface area contributed by atoms with Crippen LogP contribution in [-0.2, 0) is 6.61 Å². The number of hydrogen-bond acceptors (Lipinski definition) is 6. The Labute approximate surface area is 183 Å². The average Bonchev–Trinajstić information content (AvgIpc) is 2.78. The fraction of sp³-hybridized carbons (Fsp3) is 0.0909. The Kier molecular flexibility index (Phi) is 7.18. The lowest BCUT2D eigenvalue weighted by Gasteiger charge is -2.12. The predicted molar refractivity (Wildman–Crippen MR) is 117 cm³/mol. The number of carbonyl (C=O) groups is 1. The Morgan fingerprint density at radius 3 is 2.58 bits per heavy atom. The molecule has 0 aliphatic carbocycles. The van der Waals surface area contributed by atoms with Crippen molar-refractivity contribution in [2.24, 2.45) is 5.10 Å². The van der Waals surface area contributed by atoms with Crippen LogP contribution in [0.1, 0.15) is 21.5 Å². The van der Waals surface area contributed by atoms with Gasteiger partial charge in [-0.25, -0.2) is 5.43 Å². The average molecular weight is 440 g/mol. The summed E-state index contributed by atoms with van der Waals surface area (Å²) < 4.78 is 11.0. The number of nitrogens with one attached hydrogen (secondary N) is 1. The fourth-order valence-electron chi connectivity index (χ4n) is 2.69. The molecule has 3 rings (SSSR count). The molecule has 0 bridgehead atoms. The van der Waals surface area contributed by atoms with E-state index in [1.54, 1.807) is 18.2 Å². The van der Waals surface area contributed by atoms with E-state index in [0.717, 1.165) is 5.56 Å². The van der Waals surface area contributed by atoms with Gasteiger partial charge in [-0.2, -0.15) is 5.10 Å². The predicted octanol–water partition coefficient (Wildman–Crippen LogP) is 4.60. The molecule has 9 heteroatoms. The summed E-state index contributed by atoms with van der Waals surface area (Å²) in [5.41, 5.74) is 3.42. The number of nitro benzene ring substituents is 1. The third-order valence-corrected chi connectivity index (χ3v) is 4.44. The van der Waals surface area contributed by atoms with Gasteiger partial charge in [-0.15, -0.1) is 0 Å². The Balaban J connectivity index is 1.80. The first-order valence-corrected chi connectivity index (χ1v) is 9.48. The summed E-state index contributed by atoms with van der Waals surface area (Å²) in [6.07, 6.45) is 1.17. The van der Waals surface area contributed by atoms with Gasteiger partial charge in [-0.1, -0.05) is 48.0 Å². The number of carbonyl (C=O) groups excluding carboxylic acids is 1. The highest BCUT2D eigenvalue weighted by atomic mass is 35.5. The van der Waals surface area contributed by atoms with Crippen molar-refractivity contribution < 1.29 is 19.2 Å². The molecule has 0 aliphatic rings. The van der Waals surface area contributed by atoms with Gasteiger partial charge in [-0.3, -0.25) is 14.9 Å². The van der Waals surface area contributed by atoms with Gasteiger partial charge < -0.3 is 9.47 Å². The highest BCUT2D eigenvalue weighted by Gasteiger charge is 2.19. The van der Waals surface area contributed by atoms with Crippen LogP contribution in [0, 0.1) is 10.1 Å². The smallest absolute Gasteiger partial charge is 0.282 e. The normalized spacial score (nSPS) is 10.6. The largest absolute Gasteiger partial charge is 0.493 e. The molecule has 1 amide bonds. The van der Waals surface area contributed by atoms with Crippen LogP contribution in [0.2, 0.25) is 5.02 Å². The Bertz CT molecular complexity index is 1120. The lowest BCUT2D eigenvalue weighted by atomic mass is 10.1. The molecule has 3 aromatic carbocycles. The summed E-state index contributed by atoms with van der Waals surface area (Å²) >= 11 is 5.87. The zero-order valence-corrected chi connectivity index (χ0v) is 17.2. The topological polar surface area (TPSA) is 103 Å². The summed E-state index contributed by atoms with van der Waals surface area (Å²) in [5.74, 6) is 0.0125. The molecular weight excluding hydrogens is 422 g/mol. The van der Waals surface area contributed by atoms with Gasteiger partial charge in [-0.05, 0) is 29.8 Å². The van der Waals surface area contributed by atoms with E-state index in [9.17, 15) is 14.9 Å². The van der Waals surface area contributed by atoms with Crippen LogP contribution in [0.15, 0.2) is 71.8 Å². The van der Waals surface area contributed by atoms with Crippen molar-refractivity contribution in [1.29, 1.82) is 0 Å². The molecule has 3 aromatic rings. The highest BCUT2D eigenvalue weighted by molar-refractivity contribution is 6.30.